The van der Waals surface area contributed by atoms with Gasteiger partial charge in [-0.1, -0.05) is 19.8 Å². The van der Waals surface area contributed by atoms with Crippen LogP contribution in [0.3, 0.4) is 0 Å². The summed E-state index contributed by atoms with van der Waals surface area (Å²) in [6, 6.07) is 1.07. The van der Waals surface area contributed by atoms with Gasteiger partial charge in [-0.2, -0.15) is 0 Å². The fourth-order valence-electron chi connectivity index (χ4n) is 2.97. The van der Waals surface area contributed by atoms with Gasteiger partial charge in [0.1, 0.15) is 0 Å². The number of hydrogen-bond acceptors (Lipinski definition) is 2. The van der Waals surface area contributed by atoms with E-state index in [0.29, 0.717) is 12.1 Å². The van der Waals surface area contributed by atoms with Gasteiger partial charge in [-0.3, -0.25) is 0 Å². The van der Waals surface area contributed by atoms with E-state index < -0.39 is 0 Å². The van der Waals surface area contributed by atoms with E-state index in [1.165, 1.54) is 38.5 Å². The second-order valence-electron chi connectivity index (χ2n) is 5.24. The average Bonchev–Trinajstić information content (AvgIpc) is 2.56. The van der Waals surface area contributed by atoms with E-state index in [2.05, 4.69) is 12.2 Å². The van der Waals surface area contributed by atoms with Gasteiger partial charge in [0, 0.05) is 12.1 Å². The van der Waals surface area contributed by atoms with Crippen LogP contribution in [0.5, 0.6) is 0 Å². The lowest BCUT2D eigenvalue weighted by Crippen LogP contribution is -2.46. The Labute approximate surface area is 87.1 Å². The third kappa shape index (κ3) is 2.48. The molecule has 82 valence electrons. The van der Waals surface area contributed by atoms with E-state index in [0.717, 1.165) is 12.3 Å². The Hall–Kier alpha value is -0.0800. The van der Waals surface area contributed by atoms with Gasteiger partial charge < -0.3 is 10.4 Å². The lowest BCUT2D eigenvalue weighted by atomic mass is 9.92. The zero-order valence-corrected chi connectivity index (χ0v) is 9.21. The first-order valence-electron chi connectivity index (χ1n) is 6.20. The molecule has 0 unspecified atom stereocenters. The minimum Gasteiger partial charge on any atom is -0.392 e. The molecule has 0 amide bonds. The minimum atomic E-state index is -0.0837. The first kappa shape index (κ1) is 10.4. The fourth-order valence-corrected chi connectivity index (χ4v) is 2.97. The largest absolute Gasteiger partial charge is 0.392 e. The summed E-state index contributed by atoms with van der Waals surface area (Å²) < 4.78 is 0. The quantitative estimate of drug-likeness (QED) is 0.710. The van der Waals surface area contributed by atoms with Crippen molar-refractivity contribution >= 4 is 0 Å². The standard InChI is InChI=1S/C12H23NO/c1-9-6-7-10(8-9)13-11-4-2-3-5-12(11)14/h9-14H,2-8H2,1H3/t9-,10-,11-,12+/m1/s1. The van der Waals surface area contributed by atoms with Crippen molar-refractivity contribution in [3.05, 3.63) is 0 Å². The number of rotatable bonds is 2. The third-order valence-electron chi connectivity index (χ3n) is 3.87. The first-order valence-corrected chi connectivity index (χ1v) is 6.20. The predicted molar refractivity (Wildman–Crippen MR) is 58.2 cm³/mol. The Morgan fingerprint density at radius 3 is 2.50 bits per heavy atom. The molecule has 2 rings (SSSR count). The second-order valence-corrected chi connectivity index (χ2v) is 5.24. The Morgan fingerprint density at radius 1 is 1.07 bits per heavy atom. The molecule has 0 saturated heterocycles. The molecule has 0 aromatic carbocycles. The van der Waals surface area contributed by atoms with Crippen molar-refractivity contribution in [2.45, 2.75) is 70.1 Å². The Kier molecular flexibility index (Phi) is 3.45. The van der Waals surface area contributed by atoms with Gasteiger partial charge in [-0.05, 0) is 38.0 Å². The van der Waals surface area contributed by atoms with Crippen LogP contribution < -0.4 is 5.32 Å². The minimum absolute atomic E-state index is 0.0837. The van der Waals surface area contributed by atoms with E-state index in [4.69, 9.17) is 0 Å². The molecule has 0 aromatic heterocycles. The molecule has 0 spiro atoms. The van der Waals surface area contributed by atoms with Crippen molar-refractivity contribution in [1.82, 2.24) is 5.32 Å². The van der Waals surface area contributed by atoms with Crippen LogP contribution in [-0.2, 0) is 0 Å². The molecule has 0 aliphatic heterocycles. The maximum Gasteiger partial charge on any atom is 0.0693 e. The van der Waals surface area contributed by atoms with Gasteiger partial charge in [0.25, 0.3) is 0 Å². The molecule has 2 nitrogen and oxygen atoms in total. The Morgan fingerprint density at radius 2 is 1.86 bits per heavy atom. The zero-order chi connectivity index (χ0) is 9.97. The summed E-state index contributed by atoms with van der Waals surface area (Å²) in [6.45, 7) is 2.33. The molecule has 2 aliphatic rings. The van der Waals surface area contributed by atoms with E-state index in [-0.39, 0.29) is 6.10 Å². The first-order chi connectivity index (χ1) is 6.75. The summed E-state index contributed by atoms with van der Waals surface area (Å²) in [7, 11) is 0. The molecular formula is C12H23NO. The van der Waals surface area contributed by atoms with Crippen molar-refractivity contribution in [1.29, 1.82) is 0 Å². The van der Waals surface area contributed by atoms with Gasteiger partial charge in [-0.15, -0.1) is 0 Å². The maximum absolute atomic E-state index is 9.83. The Balaban J connectivity index is 1.78. The molecule has 0 aromatic rings. The predicted octanol–water partition coefficient (Wildman–Crippen LogP) is 2.07. The summed E-state index contributed by atoms with van der Waals surface area (Å²) in [5.74, 6) is 0.883. The molecule has 2 fully saturated rings. The van der Waals surface area contributed by atoms with Crippen LogP contribution in [-0.4, -0.2) is 23.3 Å². The molecular weight excluding hydrogens is 174 g/mol. The highest BCUT2D eigenvalue weighted by Gasteiger charge is 2.28. The highest BCUT2D eigenvalue weighted by atomic mass is 16.3. The van der Waals surface area contributed by atoms with Gasteiger partial charge >= 0.3 is 0 Å². The summed E-state index contributed by atoms with van der Waals surface area (Å²) in [6.07, 6.45) is 8.57. The van der Waals surface area contributed by atoms with Gasteiger partial charge in [-0.25, -0.2) is 0 Å². The van der Waals surface area contributed by atoms with E-state index in [9.17, 15) is 5.11 Å². The number of aliphatic hydroxyl groups is 1. The number of hydrogen-bond donors (Lipinski definition) is 2. The molecule has 2 saturated carbocycles. The lowest BCUT2D eigenvalue weighted by Gasteiger charge is -2.31. The van der Waals surface area contributed by atoms with Crippen LogP contribution in [0.4, 0.5) is 0 Å². The smallest absolute Gasteiger partial charge is 0.0693 e. The maximum atomic E-state index is 9.83. The summed E-state index contributed by atoms with van der Waals surface area (Å²) >= 11 is 0. The van der Waals surface area contributed by atoms with Crippen molar-refractivity contribution in [3.8, 4) is 0 Å². The monoisotopic (exact) mass is 197 g/mol. The van der Waals surface area contributed by atoms with E-state index >= 15 is 0 Å². The van der Waals surface area contributed by atoms with Crippen LogP contribution in [0.25, 0.3) is 0 Å². The third-order valence-corrected chi connectivity index (χ3v) is 3.87. The average molecular weight is 197 g/mol. The number of aliphatic hydroxyl groups excluding tert-OH is 1. The van der Waals surface area contributed by atoms with Crippen LogP contribution in [0.2, 0.25) is 0 Å². The van der Waals surface area contributed by atoms with Crippen LogP contribution >= 0.6 is 0 Å². The normalized spacial score (nSPS) is 44.1. The molecule has 2 heteroatoms. The zero-order valence-electron chi connectivity index (χ0n) is 9.21. The molecule has 2 aliphatic carbocycles. The van der Waals surface area contributed by atoms with E-state index in [1.54, 1.807) is 0 Å². The highest BCUT2D eigenvalue weighted by molar-refractivity contribution is 4.86. The van der Waals surface area contributed by atoms with Gasteiger partial charge in [0.2, 0.25) is 0 Å². The van der Waals surface area contributed by atoms with Gasteiger partial charge in [0.15, 0.2) is 0 Å². The molecule has 14 heavy (non-hydrogen) atoms. The van der Waals surface area contributed by atoms with Gasteiger partial charge in [0.05, 0.1) is 6.10 Å². The van der Waals surface area contributed by atoms with Crippen molar-refractivity contribution < 1.29 is 5.11 Å². The van der Waals surface area contributed by atoms with Crippen LogP contribution in [0.1, 0.15) is 51.9 Å². The molecule has 4 atom stereocenters. The van der Waals surface area contributed by atoms with E-state index in [1.807, 2.05) is 0 Å². The van der Waals surface area contributed by atoms with Crippen LogP contribution in [0, 0.1) is 5.92 Å². The summed E-state index contributed by atoms with van der Waals surface area (Å²) in [5, 5.41) is 13.5. The van der Waals surface area contributed by atoms with Crippen LogP contribution in [0.15, 0.2) is 0 Å². The molecule has 0 radical (unpaired) electrons. The molecule has 0 heterocycles. The second kappa shape index (κ2) is 4.63. The molecule has 2 N–H and O–H groups in total. The van der Waals surface area contributed by atoms with Crippen molar-refractivity contribution in [3.63, 3.8) is 0 Å². The van der Waals surface area contributed by atoms with Crippen molar-refractivity contribution in [2.75, 3.05) is 0 Å². The Bertz CT molecular complexity index is 183. The van der Waals surface area contributed by atoms with Crippen molar-refractivity contribution in [2.24, 2.45) is 5.92 Å². The lowest BCUT2D eigenvalue weighted by molar-refractivity contribution is 0.0850. The summed E-state index contributed by atoms with van der Waals surface area (Å²) in [4.78, 5) is 0. The summed E-state index contributed by atoms with van der Waals surface area (Å²) in [5.41, 5.74) is 0. The number of nitrogens with one attached hydrogen (secondary N) is 1. The highest BCUT2D eigenvalue weighted by Crippen LogP contribution is 2.27. The SMILES string of the molecule is C[C@@H]1CC[C@@H](N[C@@H]2CCCC[C@@H]2O)C1. The fraction of sp³-hybridized carbons (Fsp3) is 1.00. The molecule has 0 bridgehead atoms. The topological polar surface area (TPSA) is 32.3 Å².